The van der Waals surface area contributed by atoms with Crippen LogP contribution in [0.2, 0.25) is 0 Å². The number of methoxy groups -OCH3 is 1. The highest BCUT2D eigenvalue weighted by atomic mass is 16.5. The van der Waals surface area contributed by atoms with Crippen molar-refractivity contribution in [3.05, 3.63) is 59.2 Å². The third kappa shape index (κ3) is 3.74. The standard InChI is InChI=1S/C24H24N4O5/c1-33-13-17-11-14-4-2-3-5-19(14)28(17)24(32)25-16-6-7-18-15(10-16)12-27(23(18)31)20-8-9-21(29)26-22(20)30/h2-7,10,17,20H,8-9,11-13H2,1H3,(H,25,32)(H,26,29,30)/t17-,20-/m0/s1. The Morgan fingerprint density at radius 3 is 2.76 bits per heavy atom. The zero-order chi connectivity index (χ0) is 23.1. The highest BCUT2D eigenvalue weighted by Crippen LogP contribution is 2.34. The first kappa shape index (κ1) is 21.1. The smallest absolute Gasteiger partial charge is 0.326 e. The summed E-state index contributed by atoms with van der Waals surface area (Å²) < 4.78 is 5.33. The molecule has 2 N–H and O–H groups in total. The van der Waals surface area contributed by atoms with E-state index in [9.17, 15) is 19.2 Å². The number of hydrogen-bond donors (Lipinski definition) is 2. The molecule has 3 heterocycles. The average Bonchev–Trinajstić information content (AvgIpc) is 3.31. The second kappa shape index (κ2) is 8.32. The van der Waals surface area contributed by atoms with Gasteiger partial charge in [0.05, 0.1) is 12.6 Å². The first-order chi connectivity index (χ1) is 16.0. The molecule has 2 atom stereocenters. The second-order valence-electron chi connectivity index (χ2n) is 8.51. The fourth-order valence-electron chi connectivity index (χ4n) is 4.90. The van der Waals surface area contributed by atoms with Gasteiger partial charge in [0, 0.05) is 37.0 Å². The number of ether oxygens (including phenoxy) is 1. The van der Waals surface area contributed by atoms with E-state index in [1.807, 2.05) is 24.3 Å². The number of urea groups is 1. The van der Waals surface area contributed by atoms with Gasteiger partial charge in [0.2, 0.25) is 11.8 Å². The summed E-state index contributed by atoms with van der Waals surface area (Å²) >= 11 is 0. The average molecular weight is 448 g/mol. The van der Waals surface area contributed by atoms with Gasteiger partial charge in [-0.25, -0.2) is 4.79 Å². The molecule has 0 unspecified atom stereocenters. The number of imide groups is 1. The molecule has 3 aliphatic rings. The van der Waals surface area contributed by atoms with Gasteiger partial charge in [0.15, 0.2) is 0 Å². The number of para-hydroxylation sites is 1. The van der Waals surface area contributed by atoms with Crippen molar-refractivity contribution >= 4 is 35.1 Å². The van der Waals surface area contributed by atoms with Crippen molar-refractivity contribution in [3.63, 3.8) is 0 Å². The Morgan fingerprint density at radius 2 is 1.97 bits per heavy atom. The molecule has 5 amide bonds. The lowest BCUT2D eigenvalue weighted by molar-refractivity contribution is -0.136. The minimum absolute atomic E-state index is 0.105. The first-order valence-corrected chi connectivity index (χ1v) is 10.9. The zero-order valence-electron chi connectivity index (χ0n) is 18.2. The molecule has 0 aromatic heterocycles. The van der Waals surface area contributed by atoms with E-state index >= 15 is 0 Å². The molecule has 33 heavy (non-hydrogen) atoms. The zero-order valence-corrected chi connectivity index (χ0v) is 18.2. The van der Waals surface area contributed by atoms with Gasteiger partial charge in [-0.05, 0) is 48.2 Å². The van der Waals surface area contributed by atoms with Gasteiger partial charge in [-0.2, -0.15) is 0 Å². The number of anilines is 2. The molecule has 0 radical (unpaired) electrons. The number of hydrogen-bond acceptors (Lipinski definition) is 5. The number of carbonyl (C=O) groups is 4. The molecule has 2 aromatic rings. The van der Waals surface area contributed by atoms with Crippen LogP contribution in [0.3, 0.4) is 0 Å². The molecule has 2 aromatic carbocycles. The van der Waals surface area contributed by atoms with Gasteiger partial charge >= 0.3 is 6.03 Å². The summed E-state index contributed by atoms with van der Waals surface area (Å²) in [5, 5.41) is 5.24. The summed E-state index contributed by atoms with van der Waals surface area (Å²) in [7, 11) is 1.62. The third-order valence-electron chi connectivity index (χ3n) is 6.42. The van der Waals surface area contributed by atoms with Crippen LogP contribution in [-0.2, 0) is 27.3 Å². The second-order valence-corrected chi connectivity index (χ2v) is 8.51. The Bertz CT molecular complexity index is 1160. The van der Waals surface area contributed by atoms with E-state index in [2.05, 4.69) is 10.6 Å². The quantitative estimate of drug-likeness (QED) is 0.696. The number of benzene rings is 2. The van der Waals surface area contributed by atoms with E-state index in [1.54, 1.807) is 30.2 Å². The molecule has 1 saturated heterocycles. The molecule has 1 fully saturated rings. The highest BCUT2D eigenvalue weighted by Gasteiger charge is 2.39. The maximum Gasteiger partial charge on any atom is 0.326 e. The van der Waals surface area contributed by atoms with E-state index in [0.717, 1.165) is 23.2 Å². The van der Waals surface area contributed by atoms with Crippen molar-refractivity contribution in [2.24, 2.45) is 0 Å². The maximum atomic E-state index is 13.2. The molecule has 3 aliphatic heterocycles. The van der Waals surface area contributed by atoms with Crippen LogP contribution in [0, 0.1) is 0 Å². The molecule has 170 valence electrons. The number of nitrogens with one attached hydrogen (secondary N) is 2. The van der Waals surface area contributed by atoms with Gasteiger partial charge in [-0.3, -0.25) is 24.6 Å². The Kier molecular flexibility index (Phi) is 5.33. The summed E-state index contributed by atoms with van der Waals surface area (Å²) in [6.07, 6.45) is 1.23. The van der Waals surface area contributed by atoms with Crippen LogP contribution in [0.5, 0.6) is 0 Å². The van der Waals surface area contributed by atoms with E-state index in [0.29, 0.717) is 24.3 Å². The molecule has 9 nitrogen and oxygen atoms in total. The van der Waals surface area contributed by atoms with Crippen LogP contribution in [0.15, 0.2) is 42.5 Å². The molecule has 9 heteroatoms. The predicted octanol–water partition coefficient (Wildman–Crippen LogP) is 2.06. The van der Waals surface area contributed by atoms with Gasteiger partial charge in [-0.1, -0.05) is 18.2 Å². The van der Waals surface area contributed by atoms with Crippen molar-refractivity contribution in [2.75, 3.05) is 23.9 Å². The number of piperidine rings is 1. The summed E-state index contributed by atoms with van der Waals surface area (Å²) in [4.78, 5) is 53.0. The molecule has 0 spiro atoms. The van der Waals surface area contributed by atoms with Crippen LogP contribution in [-0.4, -0.2) is 54.5 Å². The number of rotatable bonds is 4. The lowest BCUT2D eigenvalue weighted by Crippen LogP contribution is -2.52. The largest absolute Gasteiger partial charge is 0.383 e. The van der Waals surface area contributed by atoms with E-state index in [4.69, 9.17) is 4.74 Å². The monoisotopic (exact) mass is 448 g/mol. The minimum atomic E-state index is -0.670. The fraction of sp³-hybridized carbons (Fsp3) is 0.333. The molecule has 0 bridgehead atoms. The Balaban J connectivity index is 1.34. The summed E-state index contributed by atoms with van der Waals surface area (Å²) in [5.41, 5.74) is 3.75. The van der Waals surface area contributed by atoms with Crippen molar-refractivity contribution in [3.8, 4) is 0 Å². The highest BCUT2D eigenvalue weighted by molar-refractivity contribution is 6.07. The normalized spacial score (nSPS) is 21.7. The molecule has 0 aliphatic carbocycles. The Labute approximate surface area is 190 Å². The molecular weight excluding hydrogens is 424 g/mol. The fourth-order valence-corrected chi connectivity index (χ4v) is 4.90. The van der Waals surface area contributed by atoms with E-state index in [-0.39, 0.29) is 36.9 Å². The minimum Gasteiger partial charge on any atom is -0.383 e. The topological polar surface area (TPSA) is 108 Å². The molecule has 0 saturated carbocycles. The van der Waals surface area contributed by atoms with Gasteiger partial charge in [0.1, 0.15) is 6.04 Å². The predicted molar refractivity (Wildman–Crippen MR) is 120 cm³/mol. The van der Waals surface area contributed by atoms with Crippen LogP contribution in [0.4, 0.5) is 16.2 Å². The summed E-state index contributed by atoms with van der Waals surface area (Å²) in [6.45, 7) is 0.671. The number of amides is 5. The SMILES string of the molecule is COC[C@@H]1Cc2ccccc2N1C(=O)Nc1ccc2c(c1)CN([C@H]1CCC(=O)NC1=O)C2=O. The first-order valence-electron chi connectivity index (χ1n) is 10.9. The Morgan fingerprint density at radius 1 is 1.15 bits per heavy atom. The number of nitrogens with zero attached hydrogens (tertiary/aromatic N) is 2. The van der Waals surface area contributed by atoms with Gasteiger partial charge in [0.25, 0.3) is 5.91 Å². The van der Waals surface area contributed by atoms with Crippen LogP contribution < -0.4 is 15.5 Å². The van der Waals surface area contributed by atoms with Gasteiger partial charge < -0.3 is 15.0 Å². The van der Waals surface area contributed by atoms with E-state index in [1.165, 1.54) is 4.90 Å². The molecular formula is C24H24N4O5. The summed E-state index contributed by atoms with van der Waals surface area (Å²) in [6, 6.07) is 11.9. The van der Waals surface area contributed by atoms with Crippen molar-refractivity contribution < 1.29 is 23.9 Å². The van der Waals surface area contributed by atoms with Crippen LogP contribution >= 0.6 is 0 Å². The lowest BCUT2D eigenvalue weighted by atomic mass is 10.0. The van der Waals surface area contributed by atoms with Crippen molar-refractivity contribution in [1.29, 1.82) is 0 Å². The number of carbonyl (C=O) groups excluding carboxylic acids is 4. The van der Waals surface area contributed by atoms with Gasteiger partial charge in [-0.15, -0.1) is 0 Å². The maximum absolute atomic E-state index is 13.2. The van der Waals surface area contributed by atoms with Crippen molar-refractivity contribution in [2.45, 2.75) is 37.9 Å². The number of fused-ring (bicyclic) bond motifs is 2. The van der Waals surface area contributed by atoms with Crippen LogP contribution in [0.25, 0.3) is 0 Å². The lowest BCUT2D eigenvalue weighted by Gasteiger charge is -2.29. The summed E-state index contributed by atoms with van der Waals surface area (Å²) in [5.74, 6) is -1.01. The third-order valence-corrected chi connectivity index (χ3v) is 6.42. The molecule has 5 rings (SSSR count). The van der Waals surface area contributed by atoms with Crippen LogP contribution in [0.1, 0.15) is 34.3 Å². The van der Waals surface area contributed by atoms with E-state index < -0.39 is 11.9 Å². The van der Waals surface area contributed by atoms with Crippen molar-refractivity contribution in [1.82, 2.24) is 10.2 Å². The Hall–Kier alpha value is -3.72.